The van der Waals surface area contributed by atoms with Crippen molar-refractivity contribution in [2.45, 2.75) is 50.2 Å². The molecule has 0 radical (unpaired) electrons. The van der Waals surface area contributed by atoms with Crippen LogP contribution in [-0.4, -0.2) is 87.2 Å². The molecule has 1 saturated heterocycles. The fraction of sp³-hybridized carbons (Fsp3) is 0.231. The molecule has 278 valence electrons. The highest BCUT2D eigenvalue weighted by atomic mass is 16.7. The van der Waals surface area contributed by atoms with E-state index in [0.717, 1.165) is 16.7 Å². The molecule has 0 bridgehead atoms. The van der Waals surface area contributed by atoms with Crippen LogP contribution in [0.5, 0.6) is 23.1 Å². The number of imidazole rings is 1. The molecular formula is C39H36N4O11. The van der Waals surface area contributed by atoms with Gasteiger partial charge in [-0.05, 0) is 59.2 Å². The molecular weight excluding hydrogens is 700 g/mol. The third-order valence-electron chi connectivity index (χ3n) is 9.07. The Hall–Kier alpha value is -6.10. The van der Waals surface area contributed by atoms with Crippen molar-refractivity contribution >= 4 is 11.3 Å². The maximum absolute atomic E-state index is 12.2. The first-order valence-electron chi connectivity index (χ1n) is 17.0. The number of aliphatic hydroxyl groups excluding tert-OH is 4. The van der Waals surface area contributed by atoms with Gasteiger partial charge in [0.05, 0.1) is 22.9 Å². The summed E-state index contributed by atoms with van der Waals surface area (Å²) in [6.07, 6.45) is -5.48. The lowest BCUT2D eigenvalue weighted by atomic mass is 9.99. The standard InChI is InChI=1S/C39H36N4O11/c44-20-33-34(47)35(48)36(49)39(54-33)53-32-15-8-24(18-31(32)43(50)51)21-52-38-29(17-23-6-11-26(45)12-7-23)41-37-28(16-22-4-2-1-3-5-22)40-30(19-42(37)38)25-9-13-27(46)14-10-25/h1-15,18-19,33-36,39,44-49H,16-17,20-21H2/t33-,34+,35+,36-,39-/m1/s1. The topological polar surface area (TPSA) is 222 Å². The molecule has 1 aliphatic rings. The van der Waals surface area contributed by atoms with E-state index in [1.807, 2.05) is 30.3 Å². The van der Waals surface area contributed by atoms with Gasteiger partial charge >= 0.3 is 5.69 Å². The summed E-state index contributed by atoms with van der Waals surface area (Å²) in [6, 6.07) is 27.2. The second kappa shape index (κ2) is 15.5. The summed E-state index contributed by atoms with van der Waals surface area (Å²) >= 11 is 0. The lowest BCUT2D eigenvalue weighted by Crippen LogP contribution is -2.60. The Morgan fingerprint density at radius 1 is 0.778 bits per heavy atom. The van der Waals surface area contributed by atoms with Crippen molar-refractivity contribution in [3.05, 3.63) is 141 Å². The molecule has 15 heteroatoms. The van der Waals surface area contributed by atoms with Crippen molar-refractivity contribution in [2.24, 2.45) is 0 Å². The van der Waals surface area contributed by atoms with Crippen LogP contribution in [-0.2, 0) is 24.2 Å². The number of rotatable bonds is 12. The number of aliphatic hydroxyl groups is 4. The summed E-state index contributed by atoms with van der Waals surface area (Å²) in [5, 5.41) is 72.3. The Kier molecular flexibility index (Phi) is 10.4. The van der Waals surface area contributed by atoms with Crippen LogP contribution in [0.4, 0.5) is 5.69 Å². The second-order valence-electron chi connectivity index (χ2n) is 12.8. The summed E-state index contributed by atoms with van der Waals surface area (Å²) in [4.78, 5) is 21.5. The number of ether oxygens (including phenoxy) is 3. The first kappa shape index (κ1) is 36.3. The maximum atomic E-state index is 12.2. The summed E-state index contributed by atoms with van der Waals surface area (Å²) in [5.74, 6) is 0.273. The molecule has 0 amide bonds. The number of nitro benzene ring substituents is 1. The van der Waals surface area contributed by atoms with E-state index in [1.165, 1.54) is 18.2 Å². The highest BCUT2D eigenvalue weighted by Gasteiger charge is 2.45. The van der Waals surface area contributed by atoms with Crippen LogP contribution >= 0.6 is 0 Å². The molecule has 0 spiro atoms. The predicted octanol–water partition coefficient (Wildman–Crippen LogP) is 3.66. The van der Waals surface area contributed by atoms with Crippen molar-refractivity contribution in [1.82, 2.24) is 14.4 Å². The van der Waals surface area contributed by atoms with Crippen molar-refractivity contribution in [1.29, 1.82) is 0 Å². The highest BCUT2D eigenvalue weighted by Crippen LogP contribution is 2.34. The van der Waals surface area contributed by atoms with Crippen LogP contribution in [0.1, 0.15) is 28.1 Å². The quantitative estimate of drug-likeness (QED) is 0.0781. The van der Waals surface area contributed by atoms with Crippen LogP contribution in [0.25, 0.3) is 16.9 Å². The van der Waals surface area contributed by atoms with Gasteiger partial charge in [0.2, 0.25) is 12.2 Å². The van der Waals surface area contributed by atoms with Gasteiger partial charge in [-0.3, -0.25) is 14.5 Å². The van der Waals surface area contributed by atoms with Gasteiger partial charge in [-0.2, -0.15) is 0 Å². The number of phenols is 2. The molecule has 1 aliphatic heterocycles. The number of hydrogen-bond acceptors (Lipinski definition) is 13. The Morgan fingerprint density at radius 3 is 2.11 bits per heavy atom. The molecule has 0 saturated carbocycles. The van der Waals surface area contributed by atoms with E-state index < -0.39 is 47.9 Å². The summed E-state index contributed by atoms with van der Waals surface area (Å²) in [5.41, 5.74) is 4.76. The number of nitro groups is 1. The molecule has 7 rings (SSSR count). The molecule has 2 aromatic heterocycles. The number of phenolic OH excluding ortho intramolecular Hbond substituents is 2. The average Bonchev–Trinajstić information content (AvgIpc) is 3.52. The van der Waals surface area contributed by atoms with E-state index in [0.29, 0.717) is 47.0 Å². The zero-order chi connectivity index (χ0) is 37.9. The number of aromatic nitrogens is 3. The van der Waals surface area contributed by atoms with Crippen LogP contribution in [0.3, 0.4) is 0 Å². The van der Waals surface area contributed by atoms with Crippen molar-refractivity contribution < 1.29 is 49.8 Å². The normalized spacial score (nSPS) is 19.8. The zero-order valence-electron chi connectivity index (χ0n) is 28.5. The lowest BCUT2D eigenvalue weighted by Gasteiger charge is -2.39. The number of nitrogens with zero attached hydrogens (tertiary/aromatic N) is 4. The van der Waals surface area contributed by atoms with E-state index in [1.54, 1.807) is 59.1 Å². The van der Waals surface area contributed by atoms with Crippen LogP contribution in [0.2, 0.25) is 0 Å². The third kappa shape index (κ3) is 7.66. The molecule has 6 N–H and O–H groups in total. The molecule has 0 unspecified atom stereocenters. The molecule has 1 fully saturated rings. The van der Waals surface area contributed by atoms with Gasteiger partial charge in [0.25, 0.3) is 0 Å². The number of fused-ring (bicyclic) bond motifs is 1. The number of hydrogen-bond donors (Lipinski definition) is 6. The zero-order valence-corrected chi connectivity index (χ0v) is 28.5. The van der Waals surface area contributed by atoms with E-state index in [2.05, 4.69) is 0 Å². The van der Waals surface area contributed by atoms with E-state index in [9.17, 15) is 40.8 Å². The third-order valence-corrected chi connectivity index (χ3v) is 9.07. The fourth-order valence-corrected chi connectivity index (χ4v) is 6.23. The molecule has 0 aliphatic carbocycles. The van der Waals surface area contributed by atoms with Gasteiger partial charge in [0.15, 0.2) is 11.4 Å². The highest BCUT2D eigenvalue weighted by molar-refractivity contribution is 5.64. The van der Waals surface area contributed by atoms with E-state index in [-0.39, 0.29) is 23.9 Å². The smallest absolute Gasteiger partial charge is 0.311 e. The Labute approximate surface area is 307 Å². The number of aromatic hydroxyl groups is 2. The van der Waals surface area contributed by atoms with Gasteiger partial charge in [0, 0.05) is 30.7 Å². The first-order valence-corrected chi connectivity index (χ1v) is 17.0. The van der Waals surface area contributed by atoms with Gasteiger partial charge in [-0.25, -0.2) is 9.97 Å². The fourth-order valence-electron chi connectivity index (χ4n) is 6.23. The van der Waals surface area contributed by atoms with Gasteiger partial charge in [0.1, 0.15) is 48.2 Å². The summed E-state index contributed by atoms with van der Waals surface area (Å²) < 4.78 is 19.2. The monoisotopic (exact) mass is 736 g/mol. The average molecular weight is 737 g/mol. The van der Waals surface area contributed by atoms with Crippen molar-refractivity contribution in [3.8, 4) is 34.4 Å². The van der Waals surface area contributed by atoms with Crippen molar-refractivity contribution in [2.75, 3.05) is 6.61 Å². The van der Waals surface area contributed by atoms with E-state index in [4.69, 9.17) is 24.2 Å². The molecule has 54 heavy (non-hydrogen) atoms. The molecule has 6 aromatic rings. The molecule has 15 nitrogen and oxygen atoms in total. The molecule has 5 atom stereocenters. The van der Waals surface area contributed by atoms with Gasteiger partial charge < -0.3 is 44.8 Å². The number of benzene rings is 4. The SMILES string of the molecule is O=[N+]([O-])c1cc(COc2c(Cc3ccc(O)cc3)nc3c(Cc4ccccc4)nc(-c4ccc(O)cc4)cn23)ccc1O[C@@H]1O[C@H](CO)[C@H](O)[C@H](O)[C@H]1O. The largest absolute Gasteiger partial charge is 0.508 e. The van der Waals surface area contributed by atoms with E-state index >= 15 is 0 Å². The summed E-state index contributed by atoms with van der Waals surface area (Å²) in [7, 11) is 0. The maximum Gasteiger partial charge on any atom is 0.311 e. The predicted molar refractivity (Wildman–Crippen MR) is 192 cm³/mol. The minimum atomic E-state index is -1.76. The second-order valence-corrected chi connectivity index (χ2v) is 12.8. The lowest BCUT2D eigenvalue weighted by molar-refractivity contribution is -0.387. The molecule has 4 aromatic carbocycles. The van der Waals surface area contributed by atoms with Crippen LogP contribution < -0.4 is 9.47 Å². The van der Waals surface area contributed by atoms with Crippen LogP contribution in [0.15, 0.2) is 103 Å². The first-order chi connectivity index (χ1) is 26.1. The van der Waals surface area contributed by atoms with Crippen LogP contribution in [0, 0.1) is 10.1 Å². The van der Waals surface area contributed by atoms with Crippen molar-refractivity contribution in [3.63, 3.8) is 0 Å². The summed E-state index contributed by atoms with van der Waals surface area (Å²) in [6.45, 7) is -0.843. The van der Waals surface area contributed by atoms with Gasteiger partial charge in [-0.15, -0.1) is 0 Å². The minimum Gasteiger partial charge on any atom is -0.508 e. The minimum absolute atomic E-state index is 0.103. The Morgan fingerprint density at radius 2 is 1.43 bits per heavy atom. The van der Waals surface area contributed by atoms with Gasteiger partial charge in [-0.1, -0.05) is 48.5 Å². The Bertz CT molecular complexity index is 2250. The molecule has 3 heterocycles. The Balaban J connectivity index is 1.26.